The third-order valence-electron chi connectivity index (χ3n) is 3.79. The average Bonchev–Trinajstić information content (AvgIpc) is 3.15. The summed E-state index contributed by atoms with van der Waals surface area (Å²) in [5.74, 6) is 0.0250. The van der Waals surface area contributed by atoms with Gasteiger partial charge < -0.3 is 15.7 Å². The van der Waals surface area contributed by atoms with E-state index in [4.69, 9.17) is 0 Å². The molecule has 0 saturated carbocycles. The number of rotatable bonds is 4. The van der Waals surface area contributed by atoms with Crippen molar-refractivity contribution in [2.75, 3.05) is 19.6 Å². The SMILES string of the molecule is O=C(NCC1CNCC1O)c1sccc1-c1ccccc1. The van der Waals surface area contributed by atoms with Crippen LogP contribution in [0.15, 0.2) is 41.8 Å². The Bertz CT molecular complexity index is 612. The Kier molecular flexibility index (Phi) is 4.34. The molecule has 1 aromatic carbocycles. The van der Waals surface area contributed by atoms with E-state index in [0.29, 0.717) is 13.1 Å². The Morgan fingerprint density at radius 2 is 2.10 bits per heavy atom. The van der Waals surface area contributed by atoms with Crippen molar-refractivity contribution < 1.29 is 9.90 Å². The van der Waals surface area contributed by atoms with E-state index >= 15 is 0 Å². The molecule has 2 aromatic rings. The van der Waals surface area contributed by atoms with E-state index in [1.54, 1.807) is 0 Å². The maximum atomic E-state index is 12.4. The fraction of sp³-hybridized carbons (Fsp3) is 0.312. The molecule has 0 radical (unpaired) electrons. The van der Waals surface area contributed by atoms with Crippen LogP contribution in [0.2, 0.25) is 0 Å². The minimum atomic E-state index is -0.373. The summed E-state index contributed by atoms with van der Waals surface area (Å²) in [5.41, 5.74) is 2.01. The zero-order valence-electron chi connectivity index (χ0n) is 11.6. The second-order valence-electron chi connectivity index (χ2n) is 5.23. The molecular formula is C16H18N2O2S. The third-order valence-corrected chi connectivity index (χ3v) is 4.70. The largest absolute Gasteiger partial charge is 0.391 e. The summed E-state index contributed by atoms with van der Waals surface area (Å²) >= 11 is 1.45. The van der Waals surface area contributed by atoms with Crippen molar-refractivity contribution in [3.8, 4) is 11.1 Å². The highest BCUT2D eigenvalue weighted by molar-refractivity contribution is 7.12. The normalized spacial score (nSPS) is 21.4. The van der Waals surface area contributed by atoms with Crippen LogP contribution in [0.1, 0.15) is 9.67 Å². The third kappa shape index (κ3) is 3.15. The number of carbonyl (C=O) groups excluding carboxylic acids is 1. The summed E-state index contributed by atoms with van der Waals surface area (Å²) in [6, 6.07) is 11.9. The molecule has 0 bridgehead atoms. The first kappa shape index (κ1) is 14.3. The van der Waals surface area contributed by atoms with Gasteiger partial charge in [0.1, 0.15) is 0 Å². The van der Waals surface area contributed by atoms with E-state index in [1.165, 1.54) is 11.3 Å². The van der Waals surface area contributed by atoms with Gasteiger partial charge in [0.2, 0.25) is 0 Å². The molecule has 0 aliphatic carbocycles. The van der Waals surface area contributed by atoms with Crippen molar-refractivity contribution in [1.82, 2.24) is 10.6 Å². The lowest BCUT2D eigenvalue weighted by atomic mass is 10.1. The lowest BCUT2D eigenvalue weighted by molar-refractivity contribution is 0.0931. The number of hydrogen-bond acceptors (Lipinski definition) is 4. The highest BCUT2D eigenvalue weighted by Gasteiger charge is 2.25. The van der Waals surface area contributed by atoms with Gasteiger partial charge in [-0.3, -0.25) is 4.79 Å². The van der Waals surface area contributed by atoms with Crippen LogP contribution < -0.4 is 10.6 Å². The monoisotopic (exact) mass is 302 g/mol. The Hall–Kier alpha value is -1.69. The smallest absolute Gasteiger partial charge is 0.261 e. The quantitative estimate of drug-likeness (QED) is 0.806. The van der Waals surface area contributed by atoms with Crippen molar-refractivity contribution in [3.63, 3.8) is 0 Å². The summed E-state index contributed by atoms with van der Waals surface area (Å²) in [5, 5.41) is 17.7. The van der Waals surface area contributed by atoms with Gasteiger partial charge in [-0.2, -0.15) is 0 Å². The zero-order chi connectivity index (χ0) is 14.7. The number of benzene rings is 1. The highest BCUT2D eigenvalue weighted by Crippen LogP contribution is 2.28. The van der Waals surface area contributed by atoms with Crippen LogP contribution in [-0.4, -0.2) is 36.8 Å². The number of aliphatic hydroxyl groups is 1. The molecular weight excluding hydrogens is 284 g/mol. The Morgan fingerprint density at radius 1 is 1.29 bits per heavy atom. The molecule has 3 N–H and O–H groups in total. The first-order chi connectivity index (χ1) is 10.3. The molecule has 1 aliphatic heterocycles. The first-order valence-corrected chi connectivity index (χ1v) is 7.93. The summed E-state index contributed by atoms with van der Waals surface area (Å²) < 4.78 is 0. The molecule has 1 saturated heterocycles. The van der Waals surface area contributed by atoms with Crippen molar-refractivity contribution in [1.29, 1.82) is 0 Å². The van der Waals surface area contributed by atoms with Gasteiger partial charge in [-0.05, 0) is 17.0 Å². The van der Waals surface area contributed by atoms with Gasteiger partial charge in [0.25, 0.3) is 5.91 Å². The van der Waals surface area contributed by atoms with Crippen molar-refractivity contribution in [2.45, 2.75) is 6.10 Å². The Labute approximate surface area is 127 Å². The van der Waals surface area contributed by atoms with E-state index in [2.05, 4.69) is 10.6 Å². The molecule has 4 nitrogen and oxygen atoms in total. The van der Waals surface area contributed by atoms with Crippen LogP contribution in [-0.2, 0) is 0 Å². The maximum absolute atomic E-state index is 12.4. The Morgan fingerprint density at radius 3 is 2.81 bits per heavy atom. The number of β-amino-alcohol motifs (C(OH)–C–C–N with tert-alkyl or cyclic N) is 1. The second kappa shape index (κ2) is 6.39. The molecule has 110 valence electrons. The van der Waals surface area contributed by atoms with Gasteiger partial charge in [0.05, 0.1) is 11.0 Å². The van der Waals surface area contributed by atoms with E-state index in [9.17, 15) is 9.90 Å². The molecule has 1 aromatic heterocycles. The van der Waals surface area contributed by atoms with Gasteiger partial charge in [-0.25, -0.2) is 0 Å². The van der Waals surface area contributed by atoms with Gasteiger partial charge >= 0.3 is 0 Å². The lowest BCUT2D eigenvalue weighted by Crippen LogP contribution is -2.34. The van der Waals surface area contributed by atoms with E-state index < -0.39 is 0 Å². The summed E-state index contributed by atoms with van der Waals surface area (Å²) in [6.45, 7) is 1.85. The molecule has 0 spiro atoms. The van der Waals surface area contributed by atoms with Gasteiger partial charge in [-0.15, -0.1) is 11.3 Å². The van der Waals surface area contributed by atoms with Crippen LogP contribution in [0.5, 0.6) is 0 Å². The van der Waals surface area contributed by atoms with E-state index in [-0.39, 0.29) is 17.9 Å². The van der Waals surface area contributed by atoms with Crippen LogP contribution >= 0.6 is 11.3 Å². The summed E-state index contributed by atoms with van der Waals surface area (Å²) in [7, 11) is 0. The molecule has 21 heavy (non-hydrogen) atoms. The fourth-order valence-corrected chi connectivity index (χ4v) is 3.39. The average molecular weight is 302 g/mol. The minimum Gasteiger partial charge on any atom is -0.391 e. The van der Waals surface area contributed by atoms with E-state index in [1.807, 2.05) is 41.8 Å². The number of hydrogen-bond donors (Lipinski definition) is 3. The fourth-order valence-electron chi connectivity index (χ4n) is 2.56. The number of amides is 1. The van der Waals surface area contributed by atoms with Crippen LogP contribution in [0.25, 0.3) is 11.1 Å². The molecule has 1 amide bonds. The first-order valence-electron chi connectivity index (χ1n) is 7.05. The number of nitrogens with one attached hydrogen (secondary N) is 2. The van der Waals surface area contributed by atoms with Crippen molar-refractivity contribution >= 4 is 17.2 Å². The standard InChI is InChI=1S/C16H18N2O2S/c19-14-10-17-8-12(14)9-18-16(20)15-13(6-7-21-15)11-4-2-1-3-5-11/h1-7,12,14,17,19H,8-10H2,(H,18,20). The lowest BCUT2D eigenvalue weighted by Gasteiger charge is -2.14. The number of carbonyl (C=O) groups is 1. The van der Waals surface area contributed by atoms with Gasteiger partial charge in [0.15, 0.2) is 0 Å². The minimum absolute atomic E-state index is 0.0667. The topological polar surface area (TPSA) is 61.4 Å². The van der Waals surface area contributed by atoms with Crippen molar-refractivity contribution in [2.24, 2.45) is 5.92 Å². The number of thiophene rings is 1. The Balaban J connectivity index is 1.70. The molecule has 2 atom stereocenters. The van der Waals surface area contributed by atoms with Crippen LogP contribution in [0, 0.1) is 5.92 Å². The zero-order valence-corrected chi connectivity index (χ0v) is 12.4. The predicted molar refractivity (Wildman–Crippen MR) is 84.5 cm³/mol. The maximum Gasteiger partial charge on any atom is 0.261 e. The summed E-state index contributed by atoms with van der Waals surface area (Å²) in [6.07, 6.45) is -0.373. The highest BCUT2D eigenvalue weighted by atomic mass is 32.1. The molecule has 5 heteroatoms. The van der Waals surface area contributed by atoms with Crippen molar-refractivity contribution in [3.05, 3.63) is 46.7 Å². The van der Waals surface area contributed by atoms with Crippen LogP contribution in [0.4, 0.5) is 0 Å². The molecule has 1 fully saturated rings. The summed E-state index contributed by atoms with van der Waals surface area (Å²) in [4.78, 5) is 13.1. The molecule has 1 aliphatic rings. The second-order valence-corrected chi connectivity index (χ2v) is 6.14. The number of aliphatic hydroxyl groups excluding tert-OH is 1. The molecule has 3 rings (SSSR count). The van der Waals surface area contributed by atoms with E-state index in [0.717, 1.165) is 22.5 Å². The van der Waals surface area contributed by atoms with Gasteiger partial charge in [0, 0.05) is 31.1 Å². The molecule has 2 heterocycles. The predicted octanol–water partition coefficient (Wildman–Crippen LogP) is 1.73. The molecule has 2 unspecified atom stereocenters. The van der Waals surface area contributed by atoms with Gasteiger partial charge in [-0.1, -0.05) is 30.3 Å². The van der Waals surface area contributed by atoms with Crippen LogP contribution in [0.3, 0.4) is 0 Å².